The largest absolute Gasteiger partial charge is 0.370 e. The smallest absolute Gasteiger partial charge is 0.193 e. The van der Waals surface area contributed by atoms with Gasteiger partial charge in [-0.15, -0.1) is 11.3 Å². The Bertz CT molecular complexity index is 504. The van der Waals surface area contributed by atoms with Gasteiger partial charge in [0.2, 0.25) is 0 Å². The van der Waals surface area contributed by atoms with E-state index in [0.29, 0.717) is 12.5 Å². The minimum absolute atomic E-state index is 0.407. The first-order valence-corrected chi connectivity index (χ1v) is 6.15. The van der Waals surface area contributed by atoms with Crippen LogP contribution in [0.3, 0.4) is 0 Å². The molecule has 0 aliphatic rings. The predicted octanol–water partition coefficient (Wildman–Crippen LogP) is 2.38. The lowest BCUT2D eigenvalue weighted by atomic mass is 10.3. The first-order chi connectivity index (χ1) is 8.24. The second-order valence-electron chi connectivity index (χ2n) is 3.58. The summed E-state index contributed by atoms with van der Waals surface area (Å²) in [6, 6.07) is 9.72. The number of rotatable bonds is 3. The molecule has 0 fully saturated rings. The van der Waals surface area contributed by atoms with E-state index < -0.39 is 0 Å². The van der Waals surface area contributed by atoms with Crippen molar-refractivity contribution >= 4 is 23.0 Å². The molecule has 1 heterocycles. The number of anilines is 1. The molecule has 0 saturated carbocycles. The predicted molar refractivity (Wildman–Crippen MR) is 72.2 cm³/mol. The van der Waals surface area contributed by atoms with Gasteiger partial charge in [-0.1, -0.05) is 18.2 Å². The van der Waals surface area contributed by atoms with Crippen LogP contribution in [0.25, 0.3) is 0 Å². The molecule has 0 unspecified atom stereocenters. The van der Waals surface area contributed by atoms with Crippen LogP contribution in [0, 0.1) is 6.92 Å². The van der Waals surface area contributed by atoms with Crippen molar-refractivity contribution in [3.05, 3.63) is 46.4 Å². The SMILES string of the molecule is Cc1csc(CN=C(N)Nc2ccccc2)n1. The molecule has 0 aliphatic carbocycles. The monoisotopic (exact) mass is 246 g/mol. The van der Waals surface area contributed by atoms with E-state index in [4.69, 9.17) is 5.73 Å². The lowest BCUT2D eigenvalue weighted by molar-refractivity contribution is 1.01. The topological polar surface area (TPSA) is 63.3 Å². The van der Waals surface area contributed by atoms with Gasteiger partial charge in [0.25, 0.3) is 0 Å². The molecule has 5 heteroatoms. The minimum atomic E-state index is 0.407. The molecule has 0 spiro atoms. The van der Waals surface area contributed by atoms with E-state index in [-0.39, 0.29) is 0 Å². The van der Waals surface area contributed by atoms with Crippen LogP contribution >= 0.6 is 11.3 Å². The lowest BCUT2D eigenvalue weighted by Gasteiger charge is -2.04. The van der Waals surface area contributed by atoms with Gasteiger partial charge in [-0.3, -0.25) is 0 Å². The number of nitrogens with two attached hydrogens (primary N) is 1. The molecule has 0 saturated heterocycles. The van der Waals surface area contributed by atoms with Gasteiger partial charge in [-0.2, -0.15) is 0 Å². The number of thiazole rings is 1. The zero-order valence-electron chi connectivity index (χ0n) is 9.55. The summed E-state index contributed by atoms with van der Waals surface area (Å²) in [6.45, 7) is 2.49. The summed E-state index contributed by atoms with van der Waals surface area (Å²) in [4.78, 5) is 8.55. The maximum absolute atomic E-state index is 5.78. The van der Waals surface area contributed by atoms with Crippen LogP contribution in [0.15, 0.2) is 40.7 Å². The van der Waals surface area contributed by atoms with E-state index in [2.05, 4.69) is 15.3 Å². The molecule has 0 amide bonds. The Morgan fingerprint density at radius 2 is 2.18 bits per heavy atom. The van der Waals surface area contributed by atoms with Crippen molar-refractivity contribution < 1.29 is 0 Å². The van der Waals surface area contributed by atoms with Crippen LogP contribution in [0.5, 0.6) is 0 Å². The summed E-state index contributed by atoms with van der Waals surface area (Å²) in [5, 5.41) is 6.00. The van der Waals surface area contributed by atoms with E-state index in [1.165, 1.54) is 0 Å². The third-order valence-corrected chi connectivity index (χ3v) is 3.05. The van der Waals surface area contributed by atoms with Crippen LogP contribution in [-0.4, -0.2) is 10.9 Å². The van der Waals surface area contributed by atoms with Crippen LogP contribution < -0.4 is 11.1 Å². The van der Waals surface area contributed by atoms with E-state index in [1.807, 2.05) is 42.6 Å². The highest BCUT2D eigenvalue weighted by molar-refractivity contribution is 7.09. The maximum atomic E-state index is 5.78. The highest BCUT2D eigenvalue weighted by Gasteiger charge is 1.98. The van der Waals surface area contributed by atoms with Gasteiger partial charge in [-0.25, -0.2) is 9.98 Å². The average Bonchev–Trinajstić information content (AvgIpc) is 2.74. The number of nitrogens with one attached hydrogen (secondary N) is 1. The molecule has 2 rings (SSSR count). The first kappa shape index (κ1) is 11.6. The number of aryl methyl sites for hydroxylation is 1. The Morgan fingerprint density at radius 1 is 1.41 bits per heavy atom. The Morgan fingerprint density at radius 3 is 2.82 bits per heavy atom. The van der Waals surface area contributed by atoms with Gasteiger partial charge in [0, 0.05) is 16.8 Å². The Kier molecular flexibility index (Phi) is 3.72. The second kappa shape index (κ2) is 5.45. The molecule has 0 aliphatic heterocycles. The fourth-order valence-electron chi connectivity index (χ4n) is 1.34. The van der Waals surface area contributed by atoms with E-state index in [9.17, 15) is 0 Å². The number of para-hydroxylation sites is 1. The van der Waals surface area contributed by atoms with Crippen LogP contribution in [0.2, 0.25) is 0 Å². The van der Waals surface area contributed by atoms with Crippen molar-refractivity contribution in [2.45, 2.75) is 13.5 Å². The Balaban J connectivity index is 1.94. The highest BCUT2D eigenvalue weighted by Crippen LogP contribution is 2.10. The minimum Gasteiger partial charge on any atom is -0.370 e. The van der Waals surface area contributed by atoms with Crippen LogP contribution in [-0.2, 0) is 6.54 Å². The molecule has 0 radical (unpaired) electrons. The summed E-state index contributed by atoms with van der Waals surface area (Å²) in [5.74, 6) is 0.407. The number of hydrogen-bond donors (Lipinski definition) is 2. The molecule has 88 valence electrons. The van der Waals surface area contributed by atoms with Gasteiger partial charge < -0.3 is 11.1 Å². The highest BCUT2D eigenvalue weighted by atomic mass is 32.1. The molecular formula is C12H14N4S. The summed E-state index contributed by atoms with van der Waals surface area (Å²) in [7, 11) is 0. The third kappa shape index (κ3) is 3.57. The molecule has 3 N–H and O–H groups in total. The van der Waals surface area contributed by atoms with Gasteiger partial charge in [0.05, 0.1) is 6.54 Å². The van der Waals surface area contributed by atoms with E-state index in [0.717, 1.165) is 16.4 Å². The number of hydrogen-bond acceptors (Lipinski definition) is 3. The summed E-state index contributed by atoms with van der Waals surface area (Å²) >= 11 is 1.60. The molecule has 4 nitrogen and oxygen atoms in total. The maximum Gasteiger partial charge on any atom is 0.193 e. The standard InChI is InChI=1S/C12H14N4S/c1-9-8-17-11(15-9)7-14-12(13)16-10-5-3-2-4-6-10/h2-6,8H,7H2,1H3,(H3,13,14,16). The average molecular weight is 246 g/mol. The van der Waals surface area contributed by atoms with Gasteiger partial charge in [0.1, 0.15) is 5.01 Å². The number of guanidine groups is 1. The zero-order valence-corrected chi connectivity index (χ0v) is 10.4. The van der Waals surface area contributed by atoms with Crippen molar-refractivity contribution in [2.24, 2.45) is 10.7 Å². The van der Waals surface area contributed by atoms with E-state index >= 15 is 0 Å². The Labute approximate surface area is 104 Å². The summed E-state index contributed by atoms with van der Waals surface area (Å²) in [6.07, 6.45) is 0. The summed E-state index contributed by atoms with van der Waals surface area (Å²) in [5.41, 5.74) is 7.73. The molecule has 2 aromatic rings. The quantitative estimate of drug-likeness (QED) is 0.645. The number of benzene rings is 1. The second-order valence-corrected chi connectivity index (χ2v) is 4.52. The molecule has 17 heavy (non-hydrogen) atoms. The third-order valence-electron chi connectivity index (χ3n) is 2.10. The van der Waals surface area contributed by atoms with Gasteiger partial charge in [-0.05, 0) is 19.1 Å². The van der Waals surface area contributed by atoms with Crippen LogP contribution in [0.1, 0.15) is 10.7 Å². The van der Waals surface area contributed by atoms with Crippen molar-refractivity contribution in [2.75, 3.05) is 5.32 Å². The zero-order chi connectivity index (χ0) is 12.1. The van der Waals surface area contributed by atoms with Gasteiger partial charge >= 0.3 is 0 Å². The fraction of sp³-hybridized carbons (Fsp3) is 0.167. The van der Waals surface area contributed by atoms with E-state index in [1.54, 1.807) is 11.3 Å². The van der Waals surface area contributed by atoms with Gasteiger partial charge in [0.15, 0.2) is 5.96 Å². The lowest BCUT2D eigenvalue weighted by Crippen LogP contribution is -2.22. The number of aliphatic imine (C=N–C) groups is 1. The molecule has 0 atom stereocenters. The summed E-state index contributed by atoms with van der Waals surface area (Å²) < 4.78 is 0. The van der Waals surface area contributed by atoms with Crippen molar-refractivity contribution in [1.82, 2.24) is 4.98 Å². The molecular weight excluding hydrogens is 232 g/mol. The normalized spacial score (nSPS) is 11.5. The van der Waals surface area contributed by atoms with Crippen LogP contribution in [0.4, 0.5) is 5.69 Å². The molecule has 1 aromatic heterocycles. The molecule has 1 aromatic carbocycles. The van der Waals surface area contributed by atoms with Crippen molar-refractivity contribution in [1.29, 1.82) is 0 Å². The fourth-order valence-corrected chi connectivity index (χ4v) is 2.03. The first-order valence-electron chi connectivity index (χ1n) is 5.27. The molecule has 0 bridgehead atoms. The number of nitrogens with zero attached hydrogens (tertiary/aromatic N) is 2. The van der Waals surface area contributed by atoms with Crippen molar-refractivity contribution in [3.63, 3.8) is 0 Å². The number of aromatic nitrogens is 1. The Hall–Kier alpha value is -1.88. The van der Waals surface area contributed by atoms with Crippen molar-refractivity contribution in [3.8, 4) is 0 Å².